The van der Waals surface area contributed by atoms with Gasteiger partial charge in [0.2, 0.25) is 0 Å². The van der Waals surface area contributed by atoms with Crippen LogP contribution in [0.15, 0.2) is 0 Å². The van der Waals surface area contributed by atoms with Crippen molar-refractivity contribution in [3.8, 4) is 0 Å². The minimum Gasteiger partial charge on any atom is -0.387 e. The Bertz CT molecular complexity index is 149. The number of hydrogen-bond acceptors (Lipinski definition) is 3. The fourth-order valence-electron chi connectivity index (χ4n) is 1.78. The van der Waals surface area contributed by atoms with Crippen molar-refractivity contribution in [2.24, 2.45) is 11.7 Å². The number of β-amino-alcohol motifs (C(OH)–C–C–N with tert-alkyl or cyclic N) is 1. The summed E-state index contributed by atoms with van der Waals surface area (Å²) in [6.45, 7) is 7.59. The summed E-state index contributed by atoms with van der Waals surface area (Å²) in [7, 11) is 0. The van der Waals surface area contributed by atoms with E-state index in [1.54, 1.807) is 0 Å². The highest BCUT2D eigenvalue weighted by molar-refractivity contribution is 4.90. The topological polar surface area (TPSA) is 49.5 Å². The van der Waals surface area contributed by atoms with Crippen LogP contribution in [0.1, 0.15) is 20.3 Å². The van der Waals surface area contributed by atoms with Crippen LogP contribution in [0, 0.1) is 5.92 Å². The van der Waals surface area contributed by atoms with Gasteiger partial charge in [0, 0.05) is 26.2 Å². The zero-order chi connectivity index (χ0) is 9.19. The molecule has 0 bridgehead atoms. The molecule has 0 aromatic carbocycles. The second-order valence-electron chi connectivity index (χ2n) is 4.31. The first kappa shape index (κ1) is 9.96. The zero-order valence-electron chi connectivity index (χ0n) is 8.08. The molecule has 72 valence electrons. The van der Waals surface area contributed by atoms with E-state index in [0.717, 1.165) is 26.1 Å². The first-order valence-electron chi connectivity index (χ1n) is 4.70. The molecule has 1 fully saturated rings. The van der Waals surface area contributed by atoms with Crippen LogP contribution in [0.5, 0.6) is 0 Å². The molecule has 1 aliphatic rings. The Balaban J connectivity index is 2.35. The van der Waals surface area contributed by atoms with Crippen molar-refractivity contribution in [3.05, 3.63) is 0 Å². The molecule has 0 spiro atoms. The van der Waals surface area contributed by atoms with Gasteiger partial charge in [-0.25, -0.2) is 0 Å². The van der Waals surface area contributed by atoms with E-state index in [9.17, 15) is 5.11 Å². The number of aliphatic hydroxyl groups is 1. The van der Waals surface area contributed by atoms with Crippen LogP contribution in [-0.2, 0) is 0 Å². The number of likely N-dealkylation sites (tertiary alicyclic amines) is 1. The molecule has 0 amide bonds. The van der Waals surface area contributed by atoms with Crippen LogP contribution in [0.25, 0.3) is 0 Å². The molecule has 1 aliphatic heterocycles. The normalized spacial score (nSPS) is 31.8. The van der Waals surface area contributed by atoms with Crippen molar-refractivity contribution in [2.75, 3.05) is 26.2 Å². The maximum Gasteiger partial charge on any atom is 0.0907 e. The minimum absolute atomic E-state index is 0.390. The highest BCUT2D eigenvalue weighted by Gasteiger charge is 2.34. The van der Waals surface area contributed by atoms with Crippen LogP contribution in [0.2, 0.25) is 0 Å². The number of nitrogens with zero attached hydrogens (tertiary/aromatic N) is 1. The lowest BCUT2D eigenvalue weighted by Crippen LogP contribution is -2.41. The summed E-state index contributed by atoms with van der Waals surface area (Å²) >= 11 is 0. The third-order valence-electron chi connectivity index (χ3n) is 2.41. The van der Waals surface area contributed by atoms with E-state index in [0.29, 0.717) is 12.5 Å². The van der Waals surface area contributed by atoms with Gasteiger partial charge < -0.3 is 15.7 Å². The van der Waals surface area contributed by atoms with Crippen molar-refractivity contribution >= 4 is 0 Å². The van der Waals surface area contributed by atoms with Gasteiger partial charge in [0.25, 0.3) is 0 Å². The lowest BCUT2D eigenvalue weighted by molar-refractivity contribution is 0.0568. The van der Waals surface area contributed by atoms with Crippen LogP contribution >= 0.6 is 0 Å². The lowest BCUT2D eigenvalue weighted by Gasteiger charge is -2.22. The maximum atomic E-state index is 9.82. The number of hydrogen-bond donors (Lipinski definition) is 2. The molecule has 1 rings (SSSR count). The van der Waals surface area contributed by atoms with Gasteiger partial charge in [-0.15, -0.1) is 0 Å². The fourth-order valence-corrected chi connectivity index (χ4v) is 1.78. The molecule has 3 N–H and O–H groups in total. The van der Waals surface area contributed by atoms with E-state index in [-0.39, 0.29) is 0 Å². The van der Waals surface area contributed by atoms with Gasteiger partial charge in [-0.1, -0.05) is 13.8 Å². The van der Waals surface area contributed by atoms with E-state index in [2.05, 4.69) is 18.7 Å². The largest absolute Gasteiger partial charge is 0.387 e. The summed E-state index contributed by atoms with van der Waals surface area (Å²) in [5.41, 5.74) is 4.88. The van der Waals surface area contributed by atoms with Gasteiger partial charge in [-0.2, -0.15) is 0 Å². The Morgan fingerprint density at radius 1 is 1.58 bits per heavy atom. The summed E-state index contributed by atoms with van der Waals surface area (Å²) in [5.74, 6) is 0.671. The smallest absolute Gasteiger partial charge is 0.0907 e. The molecule has 1 unspecified atom stereocenters. The summed E-state index contributed by atoms with van der Waals surface area (Å²) in [5, 5.41) is 9.82. The van der Waals surface area contributed by atoms with E-state index in [4.69, 9.17) is 5.73 Å². The zero-order valence-corrected chi connectivity index (χ0v) is 8.08. The van der Waals surface area contributed by atoms with E-state index in [1.807, 2.05) is 0 Å². The monoisotopic (exact) mass is 172 g/mol. The highest BCUT2D eigenvalue weighted by Crippen LogP contribution is 2.20. The predicted octanol–water partition coefficient (Wildman–Crippen LogP) is 0.0379. The molecule has 3 nitrogen and oxygen atoms in total. The van der Waals surface area contributed by atoms with Crippen molar-refractivity contribution in [2.45, 2.75) is 25.9 Å². The van der Waals surface area contributed by atoms with Crippen molar-refractivity contribution in [1.82, 2.24) is 4.90 Å². The summed E-state index contributed by atoms with van der Waals surface area (Å²) < 4.78 is 0. The van der Waals surface area contributed by atoms with Crippen molar-refractivity contribution in [1.29, 1.82) is 0 Å². The molecule has 3 heteroatoms. The fraction of sp³-hybridized carbons (Fsp3) is 1.00. The second-order valence-corrected chi connectivity index (χ2v) is 4.31. The van der Waals surface area contributed by atoms with Crippen molar-refractivity contribution in [3.63, 3.8) is 0 Å². The lowest BCUT2D eigenvalue weighted by atomic mass is 10.0. The molecule has 0 aromatic rings. The third kappa shape index (κ3) is 2.44. The molecule has 1 heterocycles. The van der Waals surface area contributed by atoms with Gasteiger partial charge >= 0.3 is 0 Å². The second kappa shape index (κ2) is 3.73. The molecular formula is C9H20N2O. The first-order chi connectivity index (χ1) is 5.56. The van der Waals surface area contributed by atoms with E-state index in [1.165, 1.54) is 0 Å². The molecule has 1 saturated heterocycles. The van der Waals surface area contributed by atoms with Crippen LogP contribution in [-0.4, -0.2) is 41.8 Å². The number of nitrogens with two attached hydrogens (primary N) is 1. The predicted molar refractivity (Wildman–Crippen MR) is 49.9 cm³/mol. The highest BCUT2D eigenvalue weighted by atomic mass is 16.3. The van der Waals surface area contributed by atoms with Gasteiger partial charge in [0.05, 0.1) is 5.60 Å². The first-order valence-corrected chi connectivity index (χ1v) is 4.70. The maximum absolute atomic E-state index is 9.82. The van der Waals surface area contributed by atoms with E-state index < -0.39 is 5.60 Å². The molecule has 1 atom stereocenters. The molecular weight excluding hydrogens is 152 g/mol. The average Bonchev–Trinajstić information content (AvgIpc) is 2.32. The quantitative estimate of drug-likeness (QED) is 0.632. The van der Waals surface area contributed by atoms with E-state index >= 15 is 0 Å². The van der Waals surface area contributed by atoms with Gasteiger partial charge in [-0.3, -0.25) is 0 Å². The van der Waals surface area contributed by atoms with Gasteiger partial charge in [0.15, 0.2) is 0 Å². The molecule has 0 aliphatic carbocycles. The molecule has 0 radical (unpaired) electrons. The number of rotatable bonds is 3. The van der Waals surface area contributed by atoms with Crippen LogP contribution < -0.4 is 5.73 Å². The summed E-state index contributed by atoms with van der Waals surface area (Å²) in [6.07, 6.45) is 0.830. The summed E-state index contributed by atoms with van der Waals surface area (Å²) in [4.78, 5) is 2.29. The molecule has 12 heavy (non-hydrogen) atoms. The van der Waals surface area contributed by atoms with Gasteiger partial charge in [0.1, 0.15) is 0 Å². The van der Waals surface area contributed by atoms with Gasteiger partial charge in [-0.05, 0) is 12.3 Å². The Labute approximate surface area is 74.5 Å². The third-order valence-corrected chi connectivity index (χ3v) is 2.41. The van der Waals surface area contributed by atoms with Crippen LogP contribution in [0.4, 0.5) is 0 Å². The summed E-state index contributed by atoms with van der Waals surface area (Å²) in [6, 6.07) is 0. The van der Waals surface area contributed by atoms with Crippen molar-refractivity contribution < 1.29 is 5.11 Å². The minimum atomic E-state index is -0.602. The Hall–Kier alpha value is -0.120. The standard InChI is InChI=1S/C9H20N2O/c1-8(2)5-11-4-3-9(12,6-10)7-11/h8,12H,3-7,10H2,1-2H3. The Kier molecular flexibility index (Phi) is 3.09. The SMILES string of the molecule is CC(C)CN1CCC(O)(CN)C1. The molecule has 0 aromatic heterocycles. The van der Waals surface area contributed by atoms with Crippen LogP contribution in [0.3, 0.4) is 0 Å². The Morgan fingerprint density at radius 2 is 2.25 bits per heavy atom. The molecule has 0 saturated carbocycles. The Morgan fingerprint density at radius 3 is 2.67 bits per heavy atom. The average molecular weight is 172 g/mol.